The summed E-state index contributed by atoms with van der Waals surface area (Å²) >= 11 is 1.80. The SMILES string of the molecule is O=C(/C=C/c1ccccc1)N1CCSC1. The van der Waals surface area contributed by atoms with Gasteiger partial charge in [-0.15, -0.1) is 11.8 Å². The fourth-order valence-electron chi connectivity index (χ4n) is 1.42. The van der Waals surface area contributed by atoms with Crippen LogP contribution < -0.4 is 0 Å². The number of carbonyl (C=O) groups excluding carboxylic acids is 1. The Bertz CT molecular complexity index is 355. The van der Waals surface area contributed by atoms with Gasteiger partial charge in [-0.1, -0.05) is 30.3 Å². The van der Waals surface area contributed by atoms with Crippen LogP contribution in [-0.2, 0) is 4.79 Å². The second-order valence-electron chi connectivity index (χ2n) is 3.38. The van der Waals surface area contributed by atoms with E-state index in [1.165, 1.54) is 0 Å². The molecule has 1 aliphatic rings. The molecule has 3 heteroatoms. The van der Waals surface area contributed by atoms with Gasteiger partial charge in [0, 0.05) is 18.4 Å². The van der Waals surface area contributed by atoms with Gasteiger partial charge in [0.2, 0.25) is 5.91 Å². The Kier molecular flexibility index (Phi) is 3.45. The number of amides is 1. The fraction of sp³-hybridized carbons (Fsp3) is 0.250. The molecular formula is C12H13NOS. The zero-order valence-electron chi connectivity index (χ0n) is 8.43. The summed E-state index contributed by atoms with van der Waals surface area (Å²) in [5, 5.41) is 0. The highest BCUT2D eigenvalue weighted by atomic mass is 32.2. The van der Waals surface area contributed by atoms with Crippen molar-refractivity contribution >= 4 is 23.7 Å². The van der Waals surface area contributed by atoms with Crippen molar-refractivity contribution in [2.24, 2.45) is 0 Å². The maximum atomic E-state index is 11.6. The van der Waals surface area contributed by atoms with Gasteiger partial charge in [0.15, 0.2) is 0 Å². The average Bonchev–Trinajstić information content (AvgIpc) is 2.81. The van der Waals surface area contributed by atoms with Crippen molar-refractivity contribution in [2.45, 2.75) is 0 Å². The van der Waals surface area contributed by atoms with Crippen LogP contribution in [0.4, 0.5) is 0 Å². The summed E-state index contributed by atoms with van der Waals surface area (Å²) in [4.78, 5) is 13.5. The molecule has 1 aromatic carbocycles. The van der Waals surface area contributed by atoms with Crippen LogP contribution in [-0.4, -0.2) is 29.0 Å². The third-order valence-corrected chi connectivity index (χ3v) is 3.25. The number of carbonyl (C=O) groups is 1. The second-order valence-corrected chi connectivity index (χ2v) is 4.46. The number of hydrogen-bond acceptors (Lipinski definition) is 2. The van der Waals surface area contributed by atoms with E-state index in [1.807, 2.05) is 41.3 Å². The molecule has 1 aliphatic heterocycles. The minimum atomic E-state index is 0.115. The van der Waals surface area contributed by atoms with Crippen molar-refractivity contribution < 1.29 is 4.79 Å². The van der Waals surface area contributed by atoms with Gasteiger partial charge in [-0.2, -0.15) is 0 Å². The Morgan fingerprint density at radius 3 is 2.80 bits per heavy atom. The molecule has 1 heterocycles. The van der Waals surface area contributed by atoms with E-state index in [0.29, 0.717) is 0 Å². The normalized spacial score (nSPS) is 16.1. The van der Waals surface area contributed by atoms with Crippen molar-refractivity contribution in [1.29, 1.82) is 0 Å². The van der Waals surface area contributed by atoms with E-state index in [9.17, 15) is 4.79 Å². The van der Waals surface area contributed by atoms with Crippen molar-refractivity contribution in [3.05, 3.63) is 42.0 Å². The zero-order chi connectivity index (χ0) is 10.5. The molecule has 15 heavy (non-hydrogen) atoms. The van der Waals surface area contributed by atoms with Crippen LogP contribution in [0.3, 0.4) is 0 Å². The summed E-state index contributed by atoms with van der Waals surface area (Å²) < 4.78 is 0. The lowest BCUT2D eigenvalue weighted by molar-refractivity contribution is -0.124. The van der Waals surface area contributed by atoms with Crippen molar-refractivity contribution in [1.82, 2.24) is 4.90 Å². The molecule has 0 aromatic heterocycles. The summed E-state index contributed by atoms with van der Waals surface area (Å²) in [7, 11) is 0. The highest BCUT2D eigenvalue weighted by molar-refractivity contribution is 7.99. The monoisotopic (exact) mass is 219 g/mol. The van der Waals surface area contributed by atoms with E-state index in [0.717, 1.165) is 23.7 Å². The third-order valence-electron chi connectivity index (χ3n) is 2.28. The van der Waals surface area contributed by atoms with Crippen molar-refractivity contribution in [2.75, 3.05) is 18.2 Å². The molecule has 0 bridgehead atoms. The largest absolute Gasteiger partial charge is 0.329 e. The molecule has 0 aliphatic carbocycles. The van der Waals surface area contributed by atoms with Gasteiger partial charge in [-0.25, -0.2) is 0 Å². The number of benzene rings is 1. The highest BCUT2D eigenvalue weighted by Gasteiger charge is 2.15. The quantitative estimate of drug-likeness (QED) is 0.711. The van der Waals surface area contributed by atoms with Crippen LogP contribution in [0.15, 0.2) is 36.4 Å². The first-order chi connectivity index (χ1) is 7.36. The van der Waals surface area contributed by atoms with Crippen LogP contribution in [0.25, 0.3) is 6.08 Å². The molecule has 0 spiro atoms. The summed E-state index contributed by atoms with van der Waals surface area (Å²) in [6, 6.07) is 9.88. The summed E-state index contributed by atoms with van der Waals surface area (Å²) in [6.07, 6.45) is 3.52. The lowest BCUT2D eigenvalue weighted by atomic mass is 10.2. The molecule has 1 aromatic rings. The lowest BCUT2D eigenvalue weighted by Gasteiger charge is -2.10. The van der Waals surface area contributed by atoms with E-state index < -0.39 is 0 Å². The van der Waals surface area contributed by atoms with Crippen LogP contribution in [0, 0.1) is 0 Å². The van der Waals surface area contributed by atoms with E-state index >= 15 is 0 Å². The number of thioether (sulfide) groups is 1. The second kappa shape index (κ2) is 5.03. The molecule has 0 radical (unpaired) electrons. The molecule has 1 fully saturated rings. The minimum absolute atomic E-state index is 0.115. The predicted molar refractivity (Wildman–Crippen MR) is 64.5 cm³/mol. The van der Waals surface area contributed by atoms with E-state index in [2.05, 4.69) is 0 Å². The first-order valence-corrected chi connectivity index (χ1v) is 6.11. The number of nitrogens with zero attached hydrogens (tertiary/aromatic N) is 1. The molecule has 0 saturated carbocycles. The minimum Gasteiger partial charge on any atom is -0.329 e. The van der Waals surface area contributed by atoms with Gasteiger partial charge in [0.05, 0.1) is 5.88 Å². The fourth-order valence-corrected chi connectivity index (χ4v) is 2.38. The Morgan fingerprint density at radius 2 is 2.13 bits per heavy atom. The molecule has 0 unspecified atom stereocenters. The third kappa shape index (κ3) is 2.86. The zero-order valence-corrected chi connectivity index (χ0v) is 9.24. The standard InChI is InChI=1S/C12H13NOS/c14-12(13-8-9-15-10-13)7-6-11-4-2-1-3-5-11/h1-7H,8-10H2/b7-6+. The summed E-state index contributed by atoms with van der Waals surface area (Å²) in [5.41, 5.74) is 1.07. The van der Waals surface area contributed by atoms with Crippen molar-refractivity contribution in [3.63, 3.8) is 0 Å². The Balaban J connectivity index is 1.96. The van der Waals surface area contributed by atoms with E-state index in [1.54, 1.807) is 17.8 Å². The molecule has 1 saturated heterocycles. The van der Waals surface area contributed by atoms with Crippen LogP contribution in [0.1, 0.15) is 5.56 Å². The molecule has 78 valence electrons. The van der Waals surface area contributed by atoms with E-state index in [-0.39, 0.29) is 5.91 Å². The molecule has 1 amide bonds. The topological polar surface area (TPSA) is 20.3 Å². The van der Waals surface area contributed by atoms with Crippen molar-refractivity contribution in [3.8, 4) is 0 Å². The molecule has 2 rings (SSSR count). The molecular weight excluding hydrogens is 206 g/mol. The first-order valence-electron chi connectivity index (χ1n) is 4.96. The smallest absolute Gasteiger partial charge is 0.247 e. The van der Waals surface area contributed by atoms with Gasteiger partial charge in [-0.3, -0.25) is 4.79 Å². The van der Waals surface area contributed by atoms with Crippen LogP contribution in [0.5, 0.6) is 0 Å². The summed E-state index contributed by atoms with van der Waals surface area (Å²) in [5.74, 6) is 2.01. The summed E-state index contributed by atoms with van der Waals surface area (Å²) in [6.45, 7) is 0.878. The van der Waals surface area contributed by atoms with Gasteiger partial charge < -0.3 is 4.90 Å². The molecule has 0 atom stereocenters. The van der Waals surface area contributed by atoms with Crippen LogP contribution in [0.2, 0.25) is 0 Å². The maximum Gasteiger partial charge on any atom is 0.247 e. The number of rotatable bonds is 2. The molecule has 0 N–H and O–H groups in total. The first kappa shape index (κ1) is 10.3. The Morgan fingerprint density at radius 1 is 1.33 bits per heavy atom. The van der Waals surface area contributed by atoms with E-state index in [4.69, 9.17) is 0 Å². The van der Waals surface area contributed by atoms with Crippen LogP contribution >= 0.6 is 11.8 Å². The molecule has 2 nitrogen and oxygen atoms in total. The van der Waals surface area contributed by atoms with Gasteiger partial charge in [0.1, 0.15) is 0 Å². The highest BCUT2D eigenvalue weighted by Crippen LogP contribution is 2.13. The number of hydrogen-bond donors (Lipinski definition) is 0. The van der Waals surface area contributed by atoms with Gasteiger partial charge >= 0.3 is 0 Å². The average molecular weight is 219 g/mol. The van der Waals surface area contributed by atoms with Gasteiger partial charge in [-0.05, 0) is 11.6 Å². The predicted octanol–water partition coefficient (Wildman–Crippen LogP) is 2.23. The Labute approximate surface area is 94.0 Å². The van der Waals surface area contributed by atoms with Gasteiger partial charge in [0.25, 0.3) is 0 Å². The lowest BCUT2D eigenvalue weighted by Crippen LogP contribution is -2.25. The maximum absolute atomic E-state index is 11.6. The Hall–Kier alpha value is -1.22.